The summed E-state index contributed by atoms with van der Waals surface area (Å²) in [4.78, 5) is 2.01. The van der Waals surface area contributed by atoms with E-state index in [4.69, 9.17) is 5.26 Å². The maximum atomic E-state index is 9.92. The Labute approximate surface area is 119 Å². The van der Waals surface area contributed by atoms with Crippen molar-refractivity contribution in [3.63, 3.8) is 0 Å². The van der Waals surface area contributed by atoms with Crippen LogP contribution in [0.1, 0.15) is 29.7 Å². The highest BCUT2D eigenvalue weighted by molar-refractivity contribution is 5.70. The van der Waals surface area contributed by atoms with Crippen LogP contribution in [0.25, 0.3) is 0 Å². The van der Waals surface area contributed by atoms with Gasteiger partial charge in [0.25, 0.3) is 0 Å². The molecule has 0 radical (unpaired) electrons. The molecule has 3 heteroatoms. The highest BCUT2D eigenvalue weighted by atomic mass is 16.3. The summed E-state index contributed by atoms with van der Waals surface area (Å²) < 4.78 is 0. The van der Waals surface area contributed by atoms with Gasteiger partial charge in [0, 0.05) is 24.0 Å². The first-order valence-electron chi connectivity index (χ1n) is 6.56. The summed E-state index contributed by atoms with van der Waals surface area (Å²) in [6.07, 6.45) is -0.579. The molecule has 2 rings (SSSR count). The topological polar surface area (TPSA) is 47.3 Å². The highest BCUT2D eigenvalue weighted by Crippen LogP contribution is 2.33. The molecule has 20 heavy (non-hydrogen) atoms. The summed E-state index contributed by atoms with van der Waals surface area (Å²) in [6.45, 7) is 3.78. The van der Waals surface area contributed by atoms with Gasteiger partial charge in [-0.3, -0.25) is 0 Å². The van der Waals surface area contributed by atoms with E-state index >= 15 is 0 Å². The Morgan fingerprint density at radius 1 is 1.15 bits per heavy atom. The van der Waals surface area contributed by atoms with E-state index in [1.54, 1.807) is 13.0 Å². The number of anilines is 2. The van der Waals surface area contributed by atoms with E-state index in [-0.39, 0.29) is 0 Å². The fourth-order valence-corrected chi connectivity index (χ4v) is 2.33. The molecule has 0 aliphatic heterocycles. The summed E-state index contributed by atoms with van der Waals surface area (Å²) in [5.41, 5.74) is 4.46. The van der Waals surface area contributed by atoms with E-state index < -0.39 is 6.10 Å². The predicted molar refractivity (Wildman–Crippen MR) is 81.0 cm³/mol. The van der Waals surface area contributed by atoms with Gasteiger partial charge in [0.05, 0.1) is 17.7 Å². The van der Waals surface area contributed by atoms with Crippen LogP contribution in [0.3, 0.4) is 0 Å². The number of aliphatic hydroxyl groups is 1. The number of aryl methyl sites for hydroxylation is 1. The monoisotopic (exact) mass is 266 g/mol. The van der Waals surface area contributed by atoms with Gasteiger partial charge < -0.3 is 10.0 Å². The summed E-state index contributed by atoms with van der Waals surface area (Å²) in [5.74, 6) is 0. The smallest absolute Gasteiger partial charge is 0.0992 e. The van der Waals surface area contributed by atoms with Crippen molar-refractivity contribution in [2.75, 3.05) is 11.9 Å². The zero-order valence-electron chi connectivity index (χ0n) is 12.0. The van der Waals surface area contributed by atoms with Gasteiger partial charge in [-0.25, -0.2) is 0 Å². The van der Waals surface area contributed by atoms with Crippen molar-refractivity contribution in [2.24, 2.45) is 0 Å². The van der Waals surface area contributed by atoms with Gasteiger partial charge in [0.1, 0.15) is 0 Å². The first-order chi connectivity index (χ1) is 9.54. The average Bonchev–Trinajstić information content (AvgIpc) is 2.46. The van der Waals surface area contributed by atoms with Crippen LogP contribution in [0, 0.1) is 18.3 Å². The second-order valence-electron chi connectivity index (χ2n) is 4.91. The summed E-state index contributed by atoms with van der Waals surface area (Å²) in [7, 11) is 1.95. The molecule has 0 saturated carbocycles. The summed E-state index contributed by atoms with van der Waals surface area (Å²) in [6, 6.07) is 15.6. The van der Waals surface area contributed by atoms with E-state index in [0.29, 0.717) is 5.56 Å². The highest BCUT2D eigenvalue weighted by Gasteiger charge is 2.15. The lowest BCUT2D eigenvalue weighted by Crippen LogP contribution is -2.14. The summed E-state index contributed by atoms with van der Waals surface area (Å²) >= 11 is 0. The van der Waals surface area contributed by atoms with E-state index in [9.17, 15) is 5.11 Å². The van der Waals surface area contributed by atoms with E-state index in [1.807, 2.05) is 55.3 Å². The number of hydrogen-bond acceptors (Lipinski definition) is 3. The molecular weight excluding hydrogens is 248 g/mol. The molecule has 0 aliphatic rings. The molecule has 2 aromatic carbocycles. The molecular formula is C17H18N2O. The molecule has 2 aromatic rings. The lowest BCUT2D eigenvalue weighted by atomic mass is 10.0. The molecule has 1 atom stereocenters. The van der Waals surface area contributed by atoms with Crippen LogP contribution in [-0.4, -0.2) is 12.2 Å². The number of rotatable bonds is 3. The van der Waals surface area contributed by atoms with Crippen LogP contribution in [-0.2, 0) is 0 Å². The number of para-hydroxylation sites is 1. The molecule has 0 saturated heterocycles. The Kier molecular flexibility index (Phi) is 4.07. The molecule has 0 aliphatic carbocycles. The van der Waals surface area contributed by atoms with Gasteiger partial charge in [0.15, 0.2) is 0 Å². The van der Waals surface area contributed by atoms with Gasteiger partial charge in [0.2, 0.25) is 0 Å². The maximum absolute atomic E-state index is 9.92. The van der Waals surface area contributed by atoms with Crippen LogP contribution in [0.15, 0.2) is 42.5 Å². The van der Waals surface area contributed by atoms with Gasteiger partial charge in [-0.1, -0.05) is 24.3 Å². The molecule has 0 aromatic heterocycles. The third-order valence-corrected chi connectivity index (χ3v) is 3.45. The standard InChI is InChI=1S/C17H18N2O/c1-12-6-4-5-7-16(12)19(3)17-10-14(11-18)8-9-15(17)13(2)20/h4-10,13,20H,1-3H3/t13-/m1/s1. The van der Waals surface area contributed by atoms with Crippen molar-refractivity contribution in [2.45, 2.75) is 20.0 Å². The molecule has 0 heterocycles. The molecule has 0 spiro atoms. The zero-order chi connectivity index (χ0) is 14.7. The Morgan fingerprint density at radius 2 is 1.85 bits per heavy atom. The quantitative estimate of drug-likeness (QED) is 0.921. The Hall–Kier alpha value is -2.31. The molecule has 0 amide bonds. The van der Waals surface area contributed by atoms with Crippen molar-refractivity contribution >= 4 is 11.4 Å². The number of nitriles is 1. The number of hydrogen-bond donors (Lipinski definition) is 1. The molecule has 3 nitrogen and oxygen atoms in total. The van der Waals surface area contributed by atoms with Crippen molar-refractivity contribution < 1.29 is 5.11 Å². The molecule has 0 unspecified atom stereocenters. The van der Waals surface area contributed by atoms with Crippen LogP contribution >= 0.6 is 0 Å². The Balaban J connectivity index is 2.56. The lowest BCUT2D eigenvalue weighted by molar-refractivity contribution is 0.200. The predicted octanol–water partition coefficient (Wildman–Crippen LogP) is 3.69. The minimum atomic E-state index is -0.579. The van der Waals surface area contributed by atoms with Gasteiger partial charge in [-0.2, -0.15) is 5.26 Å². The molecule has 102 valence electrons. The average molecular weight is 266 g/mol. The molecule has 1 N–H and O–H groups in total. The fraction of sp³-hybridized carbons (Fsp3) is 0.235. The third-order valence-electron chi connectivity index (χ3n) is 3.45. The second-order valence-corrected chi connectivity index (χ2v) is 4.91. The van der Waals surface area contributed by atoms with Gasteiger partial charge >= 0.3 is 0 Å². The van der Waals surface area contributed by atoms with Crippen LogP contribution < -0.4 is 4.90 Å². The van der Waals surface area contributed by atoms with Crippen LogP contribution in [0.4, 0.5) is 11.4 Å². The van der Waals surface area contributed by atoms with E-state index in [2.05, 4.69) is 6.07 Å². The van der Waals surface area contributed by atoms with Gasteiger partial charge in [-0.05, 0) is 37.6 Å². The maximum Gasteiger partial charge on any atom is 0.0992 e. The number of nitrogens with zero attached hydrogens (tertiary/aromatic N) is 2. The van der Waals surface area contributed by atoms with Crippen LogP contribution in [0.2, 0.25) is 0 Å². The number of aliphatic hydroxyl groups excluding tert-OH is 1. The third kappa shape index (κ3) is 2.66. The van der Waals surface area contributed by atoms with Crippen LogP contribution in [0.5, 0.6) is 0 Å². The molecule has 0 fully saturated rings. The summed E-state index contributed by atoms with van der Waals surface area (Å²) in [5, 5.41) is 19.0. The Morgan fingerprint density at radius 3 is 2.45 bits per heavy atom. The zero-order valence-corrected chi connectivity index (χ0v) is 12.0. The SMILES string of the molecule is Cc1ccccc1N(C)c1cc(C#N)ccc1[C@@H](C)O. The van der Waals surface area contributed by atoms with Crippen molar-refractivity contribution in [3.8, 4) is 6.07 Å². The molecule has 0 bridgehead atoms. The van der Waals surface area contributed by atoms with Crippen molar-refractivity contribution in [3.05, 3.63) is 59.2 Å². The number of benzene rings is 2. The lowest BCUT2D eigenvalue weighted by Gasteiger charge is -2.25. The largest absolute Gasteiger partial charge is 0.389 e. The van der Waals surface area contributed by atoms with E-state index in [0.717, 1.165) is 22.5 Å². The normalized spacial score (nSPS) is 11.8. The second kappa shape index (κ2) is 5.77. The fourth-order valence-electron chi connectivity index (χ4n) is 2.33. The minimum Gasteiger partial charge on any atom is -0.389 e. The van der Waals surface area contributed by atoms with E-state index in [1.165, 1.54) is 0 Å². The Bertz CT molecular complexity index is 656. The van der Waals surface area contributed by atoms with Crippen molar-refractivity contribution in [1.29, 1.82) is 5.26 Å². The first-order valence-corrected chi connectivity index (χ1v) is 6.56. The van der Waals surface area contributed by atoms with Crippen molar-refractivity contribution in [1.82, 2.24) is 0 Å². The first kappa shape index (κ1) is 14.1. The van der Waals surface area contributed by atoms with Gasteiger partial charge in [-0.15, -0.1) is 0 Å². The minimum absolute atomic E-state index is 0.579.